The second-order valence-electron chi connectivity index (χ2n) is 4.46. The number of pyridine rings is 1. The van der Waals surface area contributed by atoms with Crippen molar-refractivity contribution in [1.82, 2.24) is 4.98 Å². The lowest BCUT2D eigenvalue weighted by Gasteiger charge is -2.07. The molecule has 0 fully saturated rings. The van der Waals surface area contributed by atoms with Crippen LogP contribution in [0.1, 0.15) is 5.56 Å². The summed E-state index contributed by atoms with van der Waals surface area (Å²) < 4.78 is 0. The van der Waals surface area contributed by atoms with E-state index >= 15 is 0 Å². The SMILES string of the molecule is Cc1ccc2[nH]c(=O)cc(-c3ccccc3)c2c1. The standard InChI is InChI=1S/C16H13NO/c1-11-7-8-15-14(9-11)13(10-16(18)17-15)12-5-3-2-4-6-12/h2-10H,1H3,(H,17,18). The zero-order valence-electron chi connectivity index (χ0n) is 10.1. The van der Waals surface area contributed by atoms with E-state index in [1.165, 1.54) is 5.56 Å². The highest BCUT2D eigenvalue weighted by Crippen LogP contribution is 2.26. The lowest BCUT2D eigenvalue weighted by Crippen LogP contribution is -2.04. The third-order valence-electron chi connectivity index (χ3n) is 3.08. The molecule has 1 N–H and O–H groups in total. The zero-order chi connectivity index (χ0) is 12.5. The van der Waals surface area contributed by atoms with Crippen LogP contribution in [0.25, 0.3) is 22.0 Å². The molecule has 1 heterocycles. The Morgan fingerprint density at radius 2 is 1.72 bits per heavy atom. The van der Waals surface area contributed by atoms with Crippen LogP contribution in [0.5, 0.6) is 0 Å². The monoisotopic (exact) mass is 235 g/mol. The van der Waals surface area contributed by atoms with Crippen molar-refractivity contribution in [1.29, 1.82) is 0 Å². The third-order valence-corrected chi connectivity index (χ3v) is 3.08. The van der Waals surface area contributed by atoms with Gasteiger partial charge in [-0.05, 0) is 30.2 Å². The summed E-state index contributed by atoms with van der Waals surface area (Å²) in [5.74, 6) is 0. The lowest BCUT2D eigenvalue weighted by molar-refractivity contribution is 1.30. The van der Waals surface area contributed by atoms with E-state index in [4.69, 9.17) is 0 Å². The fourth-order valence-corrected chi connectivity index (χ4v) is 2.22. The first-order valence-electron chi connectivity index (χ1n) is 5.93. The molecule has 0 unspecified atom stereocenters. The number of hydrogen-bond acceptors (Lipinski definition) is 1. The normalized spacial score (nSPS) is 10.7. The number of hydrogen-bond donors (Lipinski definition) is 1. The smallest absolute Gasteiger partial charge is 0.249 e. The van der Waals surface area contributed by atoms with Crippen molar-refractivity contribution in [3.05, 3.63) is 70.5 Å². The van der Waals surface area contributed by atoms with Gasteiger partial charge in [0, 0.05) is 17.0 Å². The van der Waals surface area contributed by atoms with Gasteiger partial charge in [-0.2, -0.15) is 0 Å². The Labute approximate surface area is 105 Å². The van der Waals surface area contributed by atoms with Crippen molar-refractivity contribution < 1.29 is 0 Å². The summed E-state index contributed by atoms with van der Waals surface area (Å²) >= 11 is 0. The number of nitrogens with one attached hydrogen (secondary N) is 1. The maximum Gasteiger partial charge on any atom is 0.249 e. The van der Waals surface area contributed by atoms with E-state index in [9.17, 15) is 4.79 Å². The predicted octanol–water partition coefficient (Wildman–Crippen LogP) is 3.50. The Hall–Kier alpha value is -2.35. The Kier molecular flexibility index (Phi) is 2.49. The van der Waals surface area contributed by atoms with Gasteiger partial charge in [-0.15, -0.1) is 0 Å². The van der Waals surface area contributed by atoms with Crippen molar-refractivity contribution >= 4 is 10.9 Å². The molecule has 0 atom stereocenters. The van der Waals surface area contributed by atoms with E-state index in [0.29, 0.717) is 0 Å². The number of fused-ring (bicyclic) bond motifs is 1. The van der Waals surface area contributed by atoms with E-state index in [2.05, 4.69) is 18.0 Å². The second-order valence-corrected chi connectivity index (χ2v) is 4.46. The molecule has 0 saturated carbocycles. The Bertz CT molecular complexity index is 757. The molecule has 0 spiro atoms. The number of aryl methyl sites for hydroxylation is 1. The van der Waals surface area contributed by atoms with Crippen LogP contribution in [0.15, 0.2) is 59.4 Å². The van der Waals surface area contributed by atoms with Gasteiger partial charge in [0.25, 0.3) is 0 Å². The Morgan fingerprint density at radius 1 is 0.944 bits per heavy atom. The molecule has 0 aliphatic heterocycles. The molecular formula is C16H13NO. The van der Waals surface area contributed by atoms with E-state index in [-0.39, 0.29) is 5.56 Å². The largest absolute Gasteiger partial charge is 0.322 e. The summed E-state index contributed by atoms with van der Waals surface area (Å²) in [5, 5.41) is 1.08. The average molecular weight is 235 g/mol. The summed E-state index contributed by atoms with van der Waals surface area (Å²) in [5.41, 5.74) is 4.06. The van der Waals surface area contributed by atoms with Crippen LogP contribution in [-0.2, 0) is 0 Å². The second kappa shape index (κ2) is 4.15. The number of H-pyrrole nitrogens is 1. The average Bonchev–Trinajstić information content (AvgIpc) is 2.39. The molecule has 0 radical (unpaired) electrons. The maximum absolute atomic E-state index is 11.7. The first-order chi connectivity index (χ1) is 8.74. The molecule has 3 rings (SSSR count). The van der Waals surface area contributed by atoms with Crippen molar-refractivity contribution in [3.8, 4) is 11.1 Å². The molecular weight excluding hydrogens is 222 g/mol. The molecule has 2 nitrogen and oxygen atoms in total. The maximum atomic E-state index is 11.7. The van der Waals surface area contributed by atoms with Crippen LogP contribution in [-0.4, -0.2) is 4.98 Å². The number of aromatic nitrogens is 1. The first kappa shape index (κ1) is 10.8. The van der Waals surface area contributed by atoms with Gasteiger partial charge >= 0.3 is 0 Å². The summed E-state index contributed by atoms with van der Waals surface area (Å²) in [7, 11) is 0. The van der Waals surface area contributed by atoms with Crippen LogP contribution in [0.2, 0.25) is 0 Å². The number of benzene rings is 2. The van der Waals surface area contributed by atoms with Gasteiger partial charge in [-0.25, -0.2) is 0 Å². The fourth-order valence-electron chi connectivity index (χ4n) is 2.22. The minimum absolute atomic E-state index is 0.0646. The zero-order valence-corrected chi connectivity index (χ0v) is 10.1. The van der Waals surface area contributed by atoms with Crippen molar-refractivity contribution in [2.45, 2.75) is 6.92 Å². The molecule has 0 amide bonds. The van der Waals surface area contributed by atoms with Crippen LogP contribution in [0, 0.1) is 6.92 Å². The summed E-state index contributed by atoms with van der Waals surface area (Å²) in [6.07, 6.45) is 0. The van der Waals surface area contributed by atoms with Crippen LogP contribution in [0.3, 0.4) is 0 Å². The number of aromatic amines is 1. The molecule has 3 aromatic rings. The van der Waals surface area contributed by atoms with E-state index < -0.39 is 0 Å². The van der Waals surface area contributed by atoms with Crippen molar-refractivity contribution in [2.75, 3.05) is 0 Å². The van der Waals surface area contributed by atoms with Gasteiger partial charge in [-0.3, -0.25) is 4.79 Å². The van der Waals surface area contributed by atoms with Gasteiger partial charge in [0.1, 0.15) is 0 Å². The van der Waals surface area contributed by atoms with Gasteiger partial charge in [0.05, 0.1) is 0 Å². The fraction of sp³-hybridized carbons (Fsp3) is 0.0625. The molecule has 18 heavy (non-hydrogen) atoms. The molecule has 88 valence electrons. The summed E-state index contributed by atoms with van der Waals surface area (Å²) in [4.78, 5) is 14.6. The molecule has 0 aliphatic carbocycles. The molecule has 2 aromatic carbocycles. The topological polar surface area (TPSA) is 32.9 Å². The highest BCUT2D eigenvalue weighted by Gasteiger charge is 2.05. The summed E-state index contributed by atoms with van der Waals surface area (Å²) in [6, 6.07) is 17.7. The lowest BCUT2D eigenvalue weighted by atomic mass is 10.0. The van der Waals surface area contributed by atoms with Gasteiger partial charge < -0.3 is 4.98 Å². The van der Waals surface area contributed by atoms with Gasteiger partial charge in [-0.1, -0.05) is 42.0 Å². The van der Waals surface area contributed by atoms with Gasteiger partial charge in [0.2, 0.25) is 5.56 Å². The molecule has 0 saturated heterocycles. The predicted molar refractivity (Wildman–Crippen MR) is 74.7 cm³/mol. The minimum Gasteiger partial charge on any atom is -0.322 e. The highest BCUT2D eigenvalue weighted by atomic mass is 16.1. The van der Waals surface area contributed by atoms with Crippen LogP contribution in [0.4, 0.5) is 0 Å². The van der Waals surface area contributed by atoms with E-state index in [1.54, 1.807) is 6.07 Å². The number of rotatable bonds is 1. The van der Waals surface area contributed by atoms with Crippen LogP contribution >= 0.6 is 0 Å². The molecule has 2 heteroatoms. The Balaban J connectivity index is 2.41. The molecule has 1 aromatic heterocycles. The molecule has 0 bridgehead atoms. The summed E-state index contributed by atoms with van der Waals surface area (Å²) in [6.45, 7) is 2.05. The third kappa shape index (κ3) is 1.82. The first-order valence-corrected chi connectivity index (χ1v) is 5.93. The minimum atomic E-state index is -0.0646. The van der Waals surface area contributed by atoms with E-state index in [1.807, 2.05) is 42.5 Å². The van der Waals surface area contributed by atoms with Crippen LogP contribution < -0.4 is 5.56 Å². The molecule has 0 aliphatic rings. The quantitative estimate of drug-likeness (QED) is 0.688. The highest BCUT2D eigenvalue weighted by molar-refractivity contribution is 5.94. The van der Waals surface area contributed by atoms with E-state index in [0.717, 1.165) is 22.0 Å². The Morgan fingerprint density at radius 3 is 2.50 bits per heavy atom. The van der Waals surface area contributed by atoms with Gasteiger partial charge in [0.15, 0.2) is 0 Å². The van der Waals surface area contributed by atoms with Crippen molar-refractivity contribution in [2.24, 2.45) is 0 Å². The van der Waals surface area contributed by atoms with Crippen molar-refractivity contribution in [3.63, 3.8) is 0 Å².